The average molecular weight is 437 g/mol. The number of morpholine rings is 1. The molecule has 11 heteroatoms. The molecule has 8 nitrogen and oxygen atoms in total. The van der Waals surface area contributed by atoms with Crippen LogP contribution in [0.3, 0.4) is 0 Å². The third-order valence-corrected chi connectivity index (χ3v) is 10.0. The smallest absolute Gasteiger partial charge is 0.252 e. The van der Waals surface area contributed by atoms with Gasteiger partial charge in [-0.15, -0.1) is 11.3 Å². The van der Waals surface area contributed by atoms with Gasteiger partial charge in [-0.05, 0) is 25.5 Å². The molecular weight excluding hydrogens is 412 g/mol. The van der Waals surface area contributed by atoms with Gasteiger partial charge in [0.25, 0.3) is 10.0 Å². The molecule has 0 unspecified atom stereocenters. The number of hydrogen-bond donors (Lipinski definition) is 0. The number of sulfonamides is 1. The quantitative estimate of drug-likeness (QED) is 0.638. The predicted molar refractivity (Wildman–Crippen MR) is 102 cm³/mol. The summed E-state index contributed by atoms with van der Waals surface area (Å²) in [7, 11) is -6.64. The second-order valence-corrected chi connectivity index (χ2v) is 12.2. The molecule has 0 radical (unpaired) electrons. The first-order valence-electron chi connectivity index (χ1n) is 8.89. The minimum Gasteiger partial charge on any atom is -0.379 e. The van der Waals surface area contributed by atoms with Gasteiger partial charge < -0.3 is 9.64 Å². The second-order valence-electron chi connectivity index (χ2n) is 6.65. The van der Waals surface area contributed by atoms with Gasteiger partial charge in [0.05, 0.1) is 31.1 Å². The maximum absolute atomic E-state index is 12.7. The van der Waals surface area contributed by atoms with Crippen LogP contribution in [0.5, 0.6) is 0 Å². The van der Waals surface area contributed by atoms with Crippen LogP contribution < -0.4 is 0 Å². The number of nitrogens with zero attached hydrogens (tertiary/aromatic N) is 2. The highest BCUT2D eigenvalue weighted by molar-refractivity contribution is 7.91. The highest BCUT2D eigenvalue weighted by Crippen LogP contribution is 2.27. The van der Waals surface area contributed by atoms with Crippen LogP contribution in [0.2, 0.25) is 0 Å². The number of ether oxygens (including phenoxy) is 1. The molecule has 3 rings (SSSR count). The molecule has 27 heavy (non-hydrogen) atoms. The minimum absolute atomic E-state index is 0.00762. The Labute approximate surface area is 164 Å². The van der Waals surface area contributed by atoms with E-state index in [1.807, 2.05) is 6.92 Å². The Balaban J connectivity index is 1.68. The lowest BCUT2D eigenvalue weighted by Gasteiger charge is -2.26. The monoisotopic (exact) mass is 436 g/mol. The first kappa shape index (κ1) is 20.7. The topological polar surface area (TPSA) is 101 Å². The summed E-state index contributed by atoms with van der Waals surface area (Å²) in [4.78, 5) is 14.9. The van der Waals surface area contributed by atoms with Crippen molar-refractivity contribution in [1.82, 2.24) is 9.21 Å². The maximum atomic E-state index is 12.7. The highest BCUT2D eigenvalue weighted by atomic mass is 32.2. The van der Waals surface area contributed by atoms with E-state index < -0.39 is 19.9 Å². The summed E-state index contributed by atoms with van der Waals surface area (Å²) >= 11 is 1.10. The summed E-state index contributed by atoms with van der Waals surface area (Å²) in [6.45, 7) is 3.68. The molecule has 0 aromatic carbocycles. The zero-order chi connectivity index (χ0) is 19.7. The zero-order valence-electron chi connectivity index (χ0n) is 15.2. The number of carbonyl (C=O) groups is 1. The largest absolute Gasteiger partial charge is 0.379 e. The summed E-state index contributed by atoms with van der Waals surface area (Å²) in [5.74, 6) is -0.0486. The fraction of sp³-hybridized carbons (Fsp3) is 0.688. The van der Waals surface area contributed by atoms with Crippen LogP contribution in [0.15, 0.2) is 16.3 Å². The van der Waals surface area contributed by atoms with Crippen molar-refractivity contribution in [2.45, 2.75) is 30.0 Å². The van der Waals surface area contributed by atoms with Crippen LogP contribution >= 0.6 is 11.3 Å². The molecule has 0 aliphatic carbocycles. The van der Waals surface area contributed by atoms with Crippen molar-refractivity contribution in [3.8, 4) is 0 Å². The summed E-state index contributed by atoms with van der Waals surface area (Å²) in [5, 5.41) is 0. The van der Waals surface area contributed by atoms with E-state index in [1.165, 1.54) is 10.4 Å². The molecule has 1 aromatic heterocycles. The van der Waals surface area contributed by atoms with Gasteiger partial charge in [-0.3, -0.25) is 4.79 Å². The summed E-state index contributed by atoms with van der Waals surface area (Å²) in [6.07, 6.45) is 0.538. The Hall–Kier alpha value is -1.01. The van der Waals surface area contributed by atoms with E-state index in [4.69, 9.17) is 4.74 Å². The van der Waals surface area contributed by atoms with Crippen LogP contribution in [-0.4, -0.2) is 82.3 Å². The number of likely N-dealkylation sites (N-methyl/N-ethyl adjacent to an activating group) is 1. The van der Waals surface area contributed by atoms with Crippen molar-refractivity contribution in [1.29, 1.82) is 0 Å². The first-order chi connectivity index (χ1) is 12.7. The molecule has 1 atom stereocenters. The van der Waals surface area contributed by atoms with E-state index in [-0.39, 0.29) is 34.1 Å². The van der Waals surface area contributed by atoms with Crippen LogP contribution in [0.25, 0.3) is 0 Å². The van der Waals surface area contributed by atoms with E-state index in [0.29, 0.717) is 44.1 Å². The van der Waals surface area contributed by atoms with E-state index >= 15 is 0 Å². The average Bonchev–Trinajstić information content (AvgIpc) is 3.23. The van der Waals surface area contributed by atoms with Crippen molar-refractivity contribution in [3.05, 3.63) is 17.0 Å². The van der Waals surface area contributed by atoms with Crippen molar-refractivity contribution in [2.75, 3.05) is 44.4 Å². The van der Waals surface area contributed by atoms with Gasteiger partial charge in [-0.1, -0.05) is 0 Å². The third kappa shape index (κ3) is 4.70. The number of thiophene rings is 1. The number of hydrogen-bond acceptors (Lipinski definition) is 7. The standard InChI is InChI=1S/C16H24N2O6S3/c1-2-18(13-5-10-26(20,21)12-13)15(19)11-14-3-4-16(25-14)27(22,23)17-6-8-24-9-7-17/h3-4,13H,2,5-12H2,1H3/t13-/m0/s1. The van der Waals surface area contributed by atoms with Gasteiger partial charge in [-0.25, -0.2) is 16.8 Å². The molecule has 2 fully saturated rings. The number of sulfone groups is 1. The number of rotatable bonds is 6. The van der Waals surface area contributed by atoms with E-state index in [2.05, 4.69) is 0 Å². The molecule has 2 aliphatic rings. The van der Waals surface area contributed by atoms with Gasteiger partial charge in [0, 0.05) is 30.6 Å². The van der Waals surface area contributed by atoms with Gasteiger partial charge in [0.2, 0.25) is 5.91 Å². The number of amides is 1. The third-order valence-electron chi connectivity index (χ3n) is 4.84. The molecule has 152 valence electrons. The Morgan fingerprint density at radius 2 is 2.04 bits per heavy atom. The normalized spacial score (nSPS) is 23.4. The van der Waals surface area contributed by atoms with Crippen molar-refractivity contribution < 1.29 is 26.4 Å². The highest BCUT2D eigenvalue weighted by Gasteiger charge is 2.34. The van der Waals surface area contributed by atoms with Gasteiger partial charge in [0.1, 0.15) is 4.21 Å². The fourth-order valence-electron chi connectivity index (χ4n) is 3.42. The van der Waals surface area contributed by atoms with Crippen molar-refractivity contribution >= 4 is 37.1 Å². The Morgan fingerprint density at radius 1 is 1.33 bits per heavy atom. The second kappa shape index (κ2) is 8.16. The Kier molecular flexibility index (Phi) is 6.26. The fourth-order valence-corrected chi connectivity index (χ4v) is 8.06. The van der Waals surface area contributed by atoms with Crippen LogP contribution in [0.4, 0.5) is 0 Å². The Bertz CT molecular complexity index is 887. The molecular formula is C16H24N2O6S3. The summed E-state index contributed by atoms with van der Waals surface area (Å²) < 4.78 is 55.5. The van der Waals surface area contributed by atoms with Gasteiger partial charge in [-0.2, -0.15) is 4.31 Å². The SMILES string of the molecule is CCN(C(=O)Cc1ccc(S(=O)(=O)N2CCOCC2)s1)[C@H]1CCS(=O)(=O)C1. The molecule has 2 aliphatic heterocycles. The van der Waals surface area contributed by atoms with Crippen molar-refractivity contribution in [3.63, 3.8) is 0 Å². The Morgan fingerprint density at radius 3 is 2.63 bits per heavy atom. The molecule has 1 aromatic rings. The zero-order valence-corrected chi connectivity index (χ0v) is 17.6. The molecule has 0 saturated carbocycles. The molecule has 0 bridgehead atoms. The van der Waals surface area contributed by atoms with Crippen LogP contribution in [-0.2, 0) is 35.8 Å². The van der Waals surface area contributed by atoms with Crippen LogP contribution in [0.1, 0.15) is 18.2 Å². The van der Waals surface area contributed by atoms with Crippen LogP contribution in [0, 0.1) is 0 Å². The molecule has 3 heterocycles. The van der Waals surface area contributed by atoms with Gasteiger partial charge in [0.15, 0.2) is 9.84 Å². The predicted octanol–water partition coefficient (Wildman–Crippen LogP) is 0.347. The first-order valence-corrected chi connectivity index (χ1v) is 13.0. The minimum atomic E-state index is -3.57. The number of carbonyl (C=O) groups excluding carboxylic acids is 1. The summed E-state index contributed by atoms with van der Waals surface area (Å²) in [6, 6.07) is 2.91. The van der Waals surface area contributed by atoms with E-state index in [1.54, 1.807) is 11.0 Å². The van der Waals surface area contributed by atoms with E-state index in [0.717, 1.165) is 11.3 Å². The molecule has 1 amide bonds. The lowest BCUT2D eigenvalue weighted by atomic mass is 10.2. The van der Waals surface area contributed by atoms with E-state index in [9.17, 15) is 21.6 Å². The maximum Gasteiger partial charge on any atom is 0.252 e. The molecule has 0 spiro atoms. The molecule has 2 saturated heterocycles. The lowest BCUT2D eigenvalue weighted by Crippen LogP contribution is -2.41. The molecule has 0 N–H and O–H groups in total. The lowest BCUT2D eigenvalue weighted by molar-refractivity contribution is -0.132. The van der Waals surface area contributed by atoms with Crippen molar-refractivity contribution in [2.24, 2.45) is 0 Å². The van der Waals surface area contributed by atoms with Gasteiger partial charge >= 0.3 is 0 Å². The summed E-state index contributed by atoms with van der Waals surface area (Å²) in [5.41, 5.74) is 0.